The second kappa shape index (κ2) is 4.09. The second-order valence-electron chi connectivity index (χ2n) is 2.33. The minimum atomic E-state index is -0.0924. The van der Waals surface area contributed by atoms with Crippen LogP contribution in [-0.4, -0.2) is 17.3 Å². The largest absolute Gasteiger partial charge is 0.496 e. The summed E-state index contributed by atoms with van der Waals surface area (Å²) in [5, 5.41) is 17.7. The second-order valence-corrected chi connectivity index (χ2v) is 2.33. The molecule has 3 nitrogen and oxygen atoms in total. The maximum absolute atomic E-state index is 8.89. The van der Waals surface area contributed by atoms with Crippen LogP contribution in [0.4, 0.5) is 0 Å². The lowest BCUT2D eigenvalue weighted by molar-refractivity contribution is 0.273. The van der Waals surface area contributed by atoms with Crippen molar-refractivity contribution >= 4 is 0 Å². The van der Waals surface area contributed by atoms with E-state index < -0.39 is 0 Å². The lowest BCUT2D eigenvalue weighted by Crippen LogP contribution is -1.95. The van der Waals surface area contributed by atoms with Crippen LogP contribution in [0.5, 0.6) is 5.75 Å². The van der Waals surface area contributed by atoms with Crippen LogP contribution in [0.15, 0.2) is 18.2 Å². The molecule has 65 valence electrons. The van der Waals surface area contributed by atoms with Crippen LogP contribution in [0, 0.1) is 6.61 Å². The summed E-state index contributed by atoms with van der Waals surface area (Å²) in [5.74, 6) is 0.516. The van der Waals surface area contributed by atoms with Gasteiger partial charge in [-0.2, -0.15) is 0 Å². The number of para-hydroxylation sites is 1. The smallest absolute Gasteiger partial charge is 0.130 e. The van der Waals surface area contributed by atoms with Gasteiger partial charge in [-0.3, -0.25) is 0 Å². The first kappa shape index (κ1) is 9.03. The average molecular weight is 167 g/mol. The summed E-state index contributed by atoms with van der Waals surface area (Å²) in [6.07, 6.45) is 0. The topological polar surface area (TPSA) is 49.7 Å². The van der Waals surface area contributed by atoms with Gasteiger partial charge in [-0.25, -0.2) is 0 Å². The number of hydrogen-bond donors (Lipinski definition) is 2. The van der Waals surface area contributed by atoms with Gasteiger partial charge in [0.25, 0.3) is 0 Å². The predicted molar refractivity (Wildman–Crippen MR) is 44.3 cm³/mol. The average Bonchev–Trinajstić information content (AvgIpc) is 2.16. The molecule has 0 bridgehead atoms. The molecule has 3 heteroatoms. The van der Waals surface area contributed by atoms with Crippen LogP contribution in [0.3, 0.4) is 0 Å². The van der Waals surface area contributed by atoms with E-state index >= 15 is 0 Å². The van der Waals surface area contributed by atoms with E-state index in [-0.39, 0.29) is 6.61 Å². The number of hydrogen-bond acceptors (Lipinski definition) is 3. The van der Waals surface area contributed by atoms with Crippen molar-refractivity contribution in [1.82, 2.24) is 0 Å². The molecule has 0 spiro atoms. The molecule has 0 saturated carbocycles. The Labute approximate surface area is 71.2 Å². The number of benzene rings is 1. The van der Waals surface area contributed by atoms with E-state index in [1.54, 1.807) is 18.2 Å². The molecule has 0 aliphatic carbocycles. The molecule has 12 heavy (non-hydrogen) atoms. The maximum Gasteiger partial charge on any atom is 0.130 e. The SMILES string of the molecule is COc1c([CH]O)cccc1CO. The summed E-state index contributed by atoms with van der Waals surface area (Å²) in [5.41, 5.74) is 1.24. The van der Waals surface area contributed by atoms with Gasteiger partial charge in [0.1, 0.15) is 12.4 Å². The van der Waals surface area contributed by atoms with Crippen LogP contribution in [0.25, 0.3) is 0 Å². The third-order valence-corrected chi connectivity index (χ3v) is 1.64. The van der Waals surface area contributed by atoms with E-state index in [4.69, 9.17) is 14.9 Å². The molecule has 0 aliphatic heterocycles. The normalized spacial score (nSPS) is 9.92. The van der Waals surface area contributed by atoms with Crippen molar-refractivity contribution in [2.75, 3.05) is 7.11 Å². The molecule has 2 N–H and O–H groups in total. The molecular formula is C9H11O3. The Hall–Kier alpha value is -1.06. The van der Waals surface area contributed by atoms with Gasteiger partial charge < -0.3 is 14.9 Å². The third-order valence-electron chi connectivity index (χ3n) is 1.64. The molecule has 1 aromatic rings. The molecule has 0 amide bonds. The van der Waals surface area contributed by atoms with E-state index in [1.807, 2.05) is 0 Å². The molecule has 1 radical (unpaired) electrons. The van der Waals surface area contributed by atoms with E-state index in [1.165, 1.54) is 7.11 Å². The first-order chi connectivity index (χ1) is 5.83. The molecule has 1 rings (SSSR count). The van der Waals surface area contributed by atoms with Crippen molar-refractivity contribution in [3.8, 4) is 5.75 Å². The summed E-state index contributed by atoms with van der Waals surface area (Å²) in [4.78, 5) is 0. The van der Waals surface area contributed by atoms with Crippen molar-refractivity contribution in [3.05, 3.63) is 35.9 Å². The van der Waals surface area contributed by atoms with Crippen LogP contribution in [-0.2, 0) is 6.61 Å². The lowest BCUT2D eigenvalue weighted by atomic mass is 10.1. The number of rotatable bonds is 3. The van der Waals surface area contributed by atoms with Crippen LogP contribution in [0.2, 0.25) is 0 Å². The third kappa shape index (κ3) is 1.57. The summed E-state index contributed by atoms with van der Waals surface area (Å²) < 4.78 is 5.01. The Morgan fingerprint density at radius 1 is 1.50 bits per heavy atom. The molecule has 0 saturated heterocycles. The standard InChI is InChI=1S/C9H11O3/c1-12-9-7(5-10)3-2-4-8(9)6-11/h2-5,10-11H,6H2,1H3. The Morgan fingerprint density at radius 3 is 2.75 bits per heavy atom. The minimum Gasteiger partial charge on any atom is -0.496 e. The fraction of sp³-hybridized carbons (Fsp3) is 0.222. The summed E-state index contributed by atoms with van der Waals surface area (Å²) in [7, 11) is 1.50. The maximum atomic E-state index is 8.89. The molecule has 0 aromatic heterocycles. The van der Waals surface area contributed by atoms with E-state index in [0.29, 0.717) is 16.9 Å². The highest BCUT2D eigenvalue weighted by Crippen LogP contribution is 2.24. The van der Waals surface area contributed by atoms with Gasteiger partial charge in [0.15, 0.2) is 0 Å². The Balaban J connectivity index is 3.13. The van der Waals surface area contributed by atoms with Gasteiger partial charge in [0.05, 0.1) is 13.7 Å². The Kier molecular flexibility index (Phi) is 3.08. The first-order valence-corrected chi connectivity index (χ1v) is 3.57. The monoisotopic (exact) mass is 167 g/mol. The molecule has 0 aliphatic rings. The van der Waals surface area contributed by atoms with Crippen molar-refractivity contribution < 1.29 is 14.9 Å². The number of methoxy groups -OCH3 is 1. The van der Waals surface area contributed by atoms with Crippen molar-refractivity contribution in [3.63, 3.8) is 0 Å². The van der Waals surface area contributed by atoms with E-state index in [0.717, 1.165) is 6.61 Å². The highest BCUT2D eigenvalue weighted by Gasteiger charge is 2.06. The molecule has 0 unspecified atom stereocenters. The van der Waals surface area contributed by atoms with Gasteiger partial charge >= 0.3 is 0 Å². The quantitative estimate of drug-likeness (QED) is 0.708. The molecule has 1 aromatic carbocycles. The minimum absolute atomic E-state index is 0.0924. The van der Waals surface area contributed by atoms with Crippen LogP contribution >= 0.6 is 0 Å². The Bertz CT molecular complexity index is 236. The van der Waals surface area contributed by atoms with E-state index in [2.05, 4.69) is 0 Å². The number of aliphatic hydroxyl groups is 2. The van der Waals surface area contributed by atoms with Crippen molar-refractivity contribution in [1.29, 1.82) is 0 Å². The zero-order valence-corrected chi connectivity index (χ0v) is 6.82. The van der Waals surface area contributed by atoms with Gasteiger partial charge in [-0.15, -0.1) is 0 Å². The zero-order chi connectivity index (χ0) is 8.97. The van der Waals surface area contributed by atoms with Gasteiger partial charge in [-0.1, -0.05) is 18.2 Å². The fourth-order valence-electron chi connectivity index (χ4n) is 1.08. The molecule has 0 atom stereocenters. The van der Waals surface area contributed by atoms with Gasteiger partial charge in [0.2, 0.25) is 0 Å². The first-order valence-electron chi connectivity index (χ1n) is 3.57. The predicted octanol–water partition coefficient (Wildman–Crippen LogP) is 1.07. The Morgan fingerprint density at radius 2 is 2.25 bits per heavy atom. The summed E-state index contributed by atoms with van der Waals surface area (Å²) in [6, 6.07) is 5.19. The van der Waals surface area contributed by atoms with Gasteiger partial charge in [0, 0.05) is 11.1 Å². The molecular weight excluding hydrogens is 156 g/mol. The molecule has 0 fully saturated rings. The number of aliphatic hydroxyl groups excluding tert-OH is 2. The van der Waals surface area contributed by atoms with Crippen molar-refractivity contribution in [2.45, 2.75) is 6.61 Å². The highest BCUT2D eigenvalue weighted by molar-refractivity contribution is 5.43. The number of ether oxygens (including phenoxy) is 1. The fourth-order valence-corrected chi connectivity index (χ4v) is 1.08. The highest BCUT2D eigenvalue weighted by atomic mass is 16.5. The van der Waals surface area contributed by atoms with Crippen LogP contribution < -0.4 is 4.74 Å². The summed E-state index contributed by atoms with van der Waals surface area (Å²) >= 11 is 0. The lowest BCUT2D eigenvalue weighted by Gasteiger charge is -2.09. The van der Waals surface area contributed by atoms with Crippen LogP contribution in [0.1, 0.15) is 11.1 Å². The van der Waals surface area contributed by atoms with E-state index in [9.17, 15) is 0 Å². The molecule has 0 heterocycles. The van der Waals surface area contributed by atoms with Gasteiger partial charge in [-0.05, 0) is 0 Å². The summed E-state index contributed by atoms with van der Waals surface area (Å²) in [6.45, 7) is 0.864. The van der Waals surface area contributed by atoms with Crippen molar-refractivity contribution in [2.24, 2.45) is 0 Å². The zero-order valence-electron chi connectivity index (χ0n) is 6.82.